The standard InChI is InChI=1S/C16H23BClO3/c1-10-11-7-6-8-20-14(11)13(18)9-12(10)17-21-16(4,5)15(2,3)19/h9,19H,6-8H2,1-5H3/p+1. The van der Waals surface area contributed by atoms with Gasteiger partial charge in [-0.05, 0) is 56.3 Å². The molecule has 0 aliphatic carbocycles. The molecule has 0 atom stereocenters. The van der Waals surface area contributed by atoms with E-state index in [1.807, 2.05) is 33.8 Å². The molecule has 0 spiro atoms. The normalized spacial score (nSPS) is 15.4. The van der Waals surface area contributed by atoms with Crippen molar-refractivity contribution in [2.24, 2.45) is 0 Å². The van der Waals surface area contributed by atoms with Gasteiger partial charge in [-0.15, -0.1) is 0 Å². The van der Waals surface area contributed by atoms with Crippen LogP contribution in [0.4, 0.5) is 0 Å². The second-order valence-electron chi connectivity index (χ2n) is 6.70. The highest BCUT2D eigenvalue weighted by Crippen LogP contribution is 2.34. The Morgan fingerprint density at radius 1 is 1.33 bits per heavy atom. The molecule has 1 heterocycles. The van der Waals surface area contributed by atoms with Crippen LogP contribution in [0, 0.1) is 6.92 Å². The van der Waals surface area contributed by atoms with Crippen molar-refractivity contribution in [3.05, 3.63) is 22.2 Å². The smallest absolute Gasteiger partial charge is 0.331 e. The van der Waals surface area contributed by atoms with E-state index in [0.29, 0.717) is 5.02 Å². The van der Waals surface area contributed by atoms with Crippen molar-refractivity contribution >= 4 is 24.5 Å². The number of ether oxygens (including phenoxy) is 1. The first-order chi connectivity index (χ1) is 9.63. The Hall–Kier alpha value is -0.705. The summed E-state index contributed by atoms with van der Waals surface area (Å²) in [7, 11) is 1.73. The van der Waals surface area contributed by atoms with Crippen LogP contribution in [-0.4, -0.2) is 30.4 Å². The number of benzene rings is 1. The zero-order valence-electron chi connectivity index (χ0n) is 13.5. The lowest BCUT2D eigenvalue weighted by atomic mass is 9.78. The van der Waals surface area contributed by atoms with Crippen molar-refractivity contribution < 1.29 is 14.5 Å². The fourth-order valence-corrected chi connectivity index (χ4v) is 2.45. The summed E-state index contributed by atoms with van der Waals surface area (Å²) in [6.45, 7) is 10.3. The predicted molar refractivity (Wildman–Crippen MR) is 88.2 cm³/mol. The van der Waals surface area contributed by atoms with Crippen molar-refractivity contribution in [2.45, 2.75) is 58.7 Å². The van der Waals surface area contributed by atoms with Crippen LogP contribution in [0.3, 0.4) is 0 Å². The zero-order chi connectivity index (χ0) is 15.8. The molecule has 2 N–H and O–H groups in total. The van der Waals surface area contributed by atoms with Crippen molar-refractivity contribution in [1.29, 1.82) is 0 Å². The topological polar surface area (TPSA) is 41.4 Å². The molecule has 0 saturated heterocycles. The van der Waals surface area contributed by atoms with Gasteiger partial charge in [-0.25, -0.2) is 0 Å². The van der Waals surface area contributed by atoms with Gasteiger partial charge in [0.05, 0.1) is 11.6 Å². The Morgan fingerprint density at radius 2 is 2.00 bits per heavy atom. The van der Waals surface area contributed by atoms with E-state index < -0.39 is 11.2 Å². The predicted octanol–water partition coefficient (Wildman–Crippen LogP) is 2.52. The van der Waals surface area contributed by atoms with Crippen LogP contribution in [0.2, 0.25) is 5.02 Å². The molecule has 5 heteroatoms. The van der Waals surface area contributed by atoms with Gasteiger partial charge in [0.25, 0.3) is 0 Å². The Balaban J connectivity index is 2.24. The molecule has 0 fully saturated rings. The van der Waals surface area contributed by atoms with Gasteiger partial charge < -0.3 is 14.5 Å². The lowest BCUT2D eigenvalue weighted by molar-refractivity contribution is -0.0893. The van der Waals surface area contributed by atoms with E-state index in [0.717, 1.165) is 36.2 Å². The third-order valence-electron chi connectivity index (χ3n) is 4.46. The van der Waals surface area contributed by atoms with E-state index in [9.17, 15) is 0 Å². The maximum Gasteiger partial charge on any atom is 0.331 e. The molecule has 1 radical (unpaired) electrons. The highest BCUT2D eigenvalue weighted by molar-refractivity contribution is 6.49. The molecule has 1 aliphatic heterocycles. The van der Waals surface area contributed by atoms with Gasteiger partial charge in [0, 0.05) is 13.8 Å². The van der Waals surface area contributed by atoms with Crippen molar-refractivity contribution in [1.82, 2.24) is 0 Å². The van der Waals surface area contributed by atoms with Crippen molar-refractivity contribution in [3.63, 3.8) is 0 Å². The minimum atomic E-state index is -0.696. The third-order valence-corrected chi connectivity index (χ3v) is 4.74. The lowest BCUT2D eigenvalue weighted by Gasteiger charge is -2.34. The minimum absolute atomic E-state index is 0.585. The van der Waals surface area contributed by atoms with Gasteiger partial charge in [-0.3, -0.25) is 0 Å². The molecule has 0 saturated carbocycles. The second-order valence-corrected chi connectivity index (χ2v) is 7.11. The Labute approximate surface area is 132 Å². The van der Waals surface area contributed by atoms with Gasteiger partial charge >= 0.3 is 7.48 Å². The van der Waals surface area contributed by atoms with Crippen LogP contribution < -0.4 is 10.2 Å². The van der Waals surface area contributed by atoms with Crippen molar-refractivity contribution in [3.8, 4) is 5.75 Å². The van der Waals surface area contributed by atoms with Gasteiger partial charge in [0.15, 0.2) is 5.60 Å². The molecule has 1 aliphatic rings. The van der Waals surface area contributed by atoms with E-state index in [1.165, 1.54) is 5.56 Å². The first kappa shape index (κ1) is 16.7. The molecule has 21 heavy (non-hydrogen) atoms. The lowest BCUT2D eigenvalue weighted by Crippen LogP contribution is -2.49. The van der Waals surface area contributed by atoms with E-state index >= 15 is 0 Å². The summed E-state index contributed by atoms with van der Waals surface area (Å²) < 4.78 is 11.6. The molecular formula is C16H24BClO3+. The zero-order valence-corrected chi connectivity index (χ0v) is 14.2. The number of fused-ring (bicyclic) bond motifs is 1. The molecule has 0 amide bonds. The average molecular weight is 311 g/mol. The molecule has 1 aromatic rings. The first-order valence-electron chi connectivity index (χ1n) is 7.34. The summed E-state index contributed by atoms with van der Waals surface area (Å²) in [6.07, 6.45) is 2.00. The van der Waals surface area contributed by atoms with Gasteiger partial charge in [0.2, 0.25) is 0 Å². The number of halogens is 1. The fourth-order valence-electron chi connectivity index (χ4n) is 2.16. The summed E-state index contributed by atoms with van der Waals surface area (Å²) in [5.41, 5.74) is 2.00. The Kier molecular flexibility index (Phi) is 4.62. The summed E-state index contributed by atoms with van der Waals surface area (Å²) in [5, 5.41) is 8.79. The molecule has 0 bridgehead atoms. The highest BCUT2D eigenvalue weighted by Gasteiger charge is 2.40. The molecule has 3 nitrogen and oxygen atoms in total. The van der Waals surface area contributed by atoms with Crippen molar-refractivity contribution in [2.75, 3.05) is 6.61 Å². The summed E-state index contributed by atoms with van der Waals surface area (Å²) in [5.74, 6) is 0.817. The highest BCUT2D eigenvalue weighted by atomic mass is 35.5. The largest absolute Gasteiger partial charge is 0.492 e. The maximum atomic E-state index is 8.16. The summed E-state index contributed by atoms with van der Waals surface area (Å²) >= 11 is 6.32. The quantitative estimate of drug-likeness (QED) is 0.633. The maximum absolute atomic E-state index is 8.16. The van der Waals surface area contributed by atoms with Crippen LogP contribution in [0.5, 0.6) is 5.75 Å². The van der Waals surface area contributed by atoms with Crippen LogP contribution in [0.15, 0.2) is 6.07 Å². The van der Waals surface area contributed by atoms with E-state index in [1.54, 1.807) is 7.48 Å². The number of hydrogen-bond donors (Lipinski definition) is 0. The van der Waals surface area contributed by atoms with Gasteiger partial charge in [-0.1, -0.05) is 11.6 Å². The SMILES string of the molecule is Cc1c([B]OC(C)(C)C(C)(C)[OH2+])cc(Cl)c2c1CCCO2. The monoisotopic (exact) mass is 310 g/mol. The number of hydrogen-bond acceptors (Lipinski definition) is 2. The first-order valence-corrected chi connectivity index (χ1v) is 7.72. The Bertz CT molecular complexity index is 535. The molecular weight excluding hydrogens is 286 g/mol. The third kappa shape index (κ3) is 3.38. The van der Waals surface area contributed by atoms with E-state index in [2.05, 4.69) is 6.92 Å². The second kappa shape index (κ2) is 5.83. The Morgan fingerprint density at radius 3 is 2.62 bits per heavy atom. The summed E-state index contributed by atoms with van der Waals surface area (Å²) in [4.78, 5) is 0. The molecule has 1 aromatic carbocycles. The van der Waals surface area contributed by atoms with E-state index in [4.69, 9.17) is 26.1 Å². The van der Waals surface area contributed by atoms with Crippen LogP contribution in [0.25, 0.3) is 0 Å². The van der Waals surface area contributed by atoms with Crippen LogP contribution >= 0.6 is 11.6 Å². The van der Waals surface area contributed by atoms with Crippen LogP contribution in [-0.2, 0) is 11.1 Å². The molecule has 2 rings (SSSR count). The molecule has 0 unspecified atom stereocenters. The molecule has 0 aromatic heterocycles. The van der Waals surface area contributed by atoms with Gasteiger partial charge in [-0.2, -0.15) is 0 Å². The van der Waals surface area contributed by atoms with E-state index in [-0.39, 0.29) is 0 Å². The fraction of sp³-hybridized carbons (Fsp3) is 0.625. The van der Waals surface area contributed by atoms with Crippen LogP contribution in [0.1, 0.15) is 45.2 Å². The summed E-state index contributed by atoms with van der Waals surface area (Å²) in [6, 6.07) is 1.88. The molecule has 115 valence electrons. The number of rotatable bonds is 4. The van der Waals surface area contributed by atoms with Gasteiger partial charge in [0.1, 0.15) is 11.4 Å². The minimum Gasteiger partial charge on any atom is -0.492 e. The average Bonchev–Trinajstić information content (AvgIpc) is 2.40.